The van der Waals surface area contributed by atoms with Gasteiger partial charge in [-0.25, -0.2) is 9.59 Å². The van der Waals surface area contributed by atoms with Gasteiger partial charge in [0.2, 0.25) is 5.91 Å². The zero-order valence-corrected chi connectivity index (χ0v) is 21.7. The van der Waals surface area contributed by atoms with Crippen LogP contribution in [0.25, 0.3) is 0 Å². The third-order valence-corrected chi connectivity index (χ3v) is 5.90. The van der Waals surface area contributed by atoms with E-state index in [0.29, 0.717) is 25.3 Å². The molecule has 192 valence electrons. The molecule has 2 amide bonds. The monoisotopic (exact) mass is 468 g/mol. The maximum absolute atomic E-state index is 12.6. The van der Waals surface area contributed by atoms with E-state index in [1.54, 1.807) is 27.7 Å². The lowest BCUT2D eigenvalue weighted by molar-refractivity contribution is -0.152. The van der Waals surface area contributed by atoms with Crippen LogP contribution in [0.15, 0.2) is 0 Å². The van der Waals surface area contributed by atoms with Crippen molar-refractivity contribution >= 4 is 18.0 Å². The van der Waals surface area contributed by atoms with E-state index in [1.165, 1.54) is 38.5 Å². The summed E-state index contributed by atoms with van der Waals surface area (Å²) in [6.45, 7) is 9.10. The predicted molar refractivity (Wildman–Crippen MR) is 131 cm³/mol. The minimum absolute atomic E-state index is 0.0925. The fourth-order valence-corrected chi connectivity index (χ4v) is 4.08. The van der Waals surface area contributed by atoms with Gasteiger partial charge in [0.15, 0.2) is 0 Å². The zero-order valence-electron chi connectivity index (χ0n) is 21.7. The topological polar surface area (TPSA) is 93.7 Å². The number of alkyl carbamates (subject to hydrolysis) is 1. The lowest BCUT2D eigenvalue weighted by Crippen LogP contribution is -2.43. The minimum atomic E-state index is -0.794. The summed E-state index contributed by atoms with van der Waals surface area (Å²) >= 11 is 0. The second kappa shape index (κ2) is 15.9. The summed E-state index contributed by atoms with van der Waals surface area (Å²) < 4.78 is 11.0. The van der Waals surface area contributed by atoms with Gasteiger partial charge in [-0.05, 0) is 66.2 Å². The molecule has 0 spiro atoms. The average Bonchev–Trinajstić information content (AvgIpc) is 2.72. The van der Waals surface area contributed by atoms with E-state index in [9.17, 15) is 14.4 Å². The fraction of sp³-hybridized carbons (Fsp3) is 0.885. The molecule has 1 rings (SSSR count). The van der Waals surface area contributed by atoms with Gasteiger partial charge in [0.25, 0.3) is 0 Å². The van der Waals surface area contributed by atoms with Crippen molar-refractivity contribution in [3.63, 3.8) is 0 Å². The highest BCUT2D eigenvalue weighted by molar-refractivity contribution is 5.81. The van der Waals surface area contributed by atoms with Crippen molar-refractivity contribution in [2.24, 2.45) is 0 Å². The van der Waals surface area contributed by atoms with Gasteiger partial charge >= 0.3 is 12.1 Å². The Labute approximate surface area is 201 Å². The van der Waals surface area contributed by atoms with Crippen LogP contribution in [0.5, 0.6) is 0 Å². The van der Waals surface area contributed by atoms with E-state index in [2.05, 4.69) is 17.6 Å². The van der Waals surface area contributed by atoms with Crippen LogP contribution in [0.3, 0.4) is 0 Å². The maximum atomic E-state index is 12.6. The number of esters is 1. The number of rotatable bonds is 14. The molecule has 1 unspecified atom stereocenters. The lowest BCUT2D eigenvalue weighted by atomic mass is 9.95. The third-order valence-electron chi connectivity index (χ3n) is 5.90. The molecule has 1 saturated carbocycles. The van der Waals surface area contributed by atoms with E-state index >= 15 is 0 Å². The molecule has 2 N–H and O–H groups in total. The number of carbonyl (C=O) groups is 3. The molecule has 0 aromatic rings. The summed E-state index contributed by atoms with van der Waals surface area (Å²) in [4.78, 5) is 36.8. The van der Waals surface area contributed by atoms with Gasteiger partial charge in [0, 0.05) is 12.5 Å². The van der Waals surface area contributed by atoms with Crippen molar-refractivity contribution in [3.8, 4) is 0 Å². The molecule has 1 aliphatic carbocycles. The van der Waals surface area contributed by atoms with Gasteiger partial charge in [0.1, 0.15) is 17.7 Å². The first-order valence-electron chi connectivity index (χ1n) is 13.1. The molecule has 0 heterocycles. The predicted octanol–water partition coefficient (Wildman–Crippen LogP) is 5.79. The lowest BCUT2D eigenvalue weighted by Gasteiger charge is -2.24. The van der Waals surface area contributed by atoms with E-state index in [4.69, 9.17) is 9.47 Å². The summed E-state index contributed by atoms with van der Waals surface area (Å²) in [7, 11) is 0. The number of nitrogens with one attached hydrogen (secondary N) is 2. The first kappa shape index (κ1) is 29.2. The number of ether oxygens (including phenoxy) is 2. The van der Waals surface area contributed by atoms with Crippen molar-refractivity contribution in [1.82, 2.24) is 10.6 Å². The van der Waals surface area contributed by atoms with Crippen molar-refractivity contribution in [2.45, 2.75) is 148 Å². The highest BCUT2D eigenvalue weighted by Crippen LogP contribution is 2.19. The summed E-state index contributed by atoms with van der Waals surface area (Å²) in [6.07, 6.45) is 13.1. The highest BCUT2D eigenvalue weighted by atomic mass is 16.6. The molecule has 0 radical (unpaired) electrons. The Bertz CT molecular complexity index is 582. The van der Waals surface area contributed by atoms with Crippen LogP contribution in [0, 0.1) is 0 Å². The Hall–Kier alpha value is -1.79. The molecule has 0 aromatic carbocycles. The molecular weight excluding hydrogens is 420 g/mol. The Kier molecular flexibility index (Phi) is 14.1. The molecule has 33 heavy (non-hydrogen) atoms. The number of carbonyl (C=O) groups excluding carboxylic acids is 3. The average molecular weight is 469 g/mol. The summed E-state index contributed by atoms with van der Waals surface area (Å²) in [5.41, 5.74) is -0.632. The first-order valence-corrected chi connectivity index (χ1v) is 13.1. The van der Waals surface area contributed by atoms with E-state index in [-0.39, 0.29) is 12.0 Å². The van der Waals surface area contributed by atoms with E-state index in [0.717, 1.165) is 32.1 Å². The summed E-state index contributed by atoms with van der Waals surface area (Å²) in [6, 6.07) is -0.477. The molecule has 0 bridgehead atoms. The number of amides is 2. The van der Waals surface area contributed by atoms with Crippen LogP contribution in [-0.2, 0) is 19.1 Å². The number of hydrogen-bond donors (Lipinski definition) is 2. The van der Waals surface area contributed by atoms with Crippen molar-refractivity contribution in [1.29, 1.82) is 0 Å². The second-order valence-electron chi connectivity index (χ2n) is 10.4. The van der Waals surface area contributed by atoms with Gasteiger partial charge < -0.3 is 20.1 Å². The Balaban J connectivity index is 2.47. The number of hydrogen-bond acceptors (Lipinski definition) is 5. The molecule has 0 saturated heterocycles. The molecule has 7 nitrogen and oxygen atoms in total. The zero-order chi connectivity index (χ0) is 24.7. The van der Waals surface area contributed by atoms with Crippen LogP contribution in [0.1, 0.15) is 125 Å². The number of unbranched alkanes of at least 4 members (excludes halogenated alkanes) is 4. The van der Waals surface area contributed by atoms with E-state index < -0.39 is 23.7 Å². The summed E-state index contributed by atoms with van der Waals surface area (Å²) in [5, 5.41) is 5.70. The van der Waals surface area contributed by atoms with Crippen LogP contribution >= 0.6 is 0 Å². The van der Waals surface area contributed by atoms with Gasteiger partial charge in [-0.15, -0.1) is 0 Å². The first-order chi connectivity index (χ1) is 15.6. The molecule has 0 aromatic heterocycles. The largest absolute Gasteiger partial charge is 0.461 e. The molecular formula is C26H48N2O5. The van der Waals surface area contributed by atoms with E-state index in [1.807, 2.05) is 0 Å². The fourth-order valence-electron chi connectivity index (χ4n) is 4.08. The van der Waals surface area contributed by atoms with Crippen molar-refractivity contribution in [2.75, 3.05) is 0 Å². The van der Waals surface area contributed by atoms with Crippen LogP contribution < -0.4 is 10.6 Å². The second-order valence-corrected chi connectivity index (χ2v) is 10.4. The quantitative estimate of drug-likeness (QED) is 0.248. The SMILES string of the molecule is CCCCCCCC(CCCC(=O)NC1CCCCC1)OC(=O)[C@H](C)NC(=O)OC(C)(C)C. The molecule has 1 fully saturated rings. The third kappa shape index (κ3) is 14.9. The van der Waals surface area contributed by atoms with Crippen molar-refractivity contribution in [3.05, 3.63) is 0 Å². The standard InChI is InChI=1S/C26H48N2O5/c1-6-7-8-9-13-17-22(18-14-19-23(29)28-21-15-11-10-12-16-21)32-24(30)20(2)27-25(31)33-26(3,4)5/h20-22H,6-19H2,1-5H3,(H,27,31)(H,28,29)/t20-,22?/m0/s1. The summed E-state index contributed by atoms with van der Waals surface area (Å²) in [5.74, 6) is -0.374. The van der Waals surface area contributed by atoms with Crippen LogP contribution in [0.2, 0.25) is 0 Å². The maximum Gasteiger partial charge on any atom is 0.408 e. The van der Waals surface area contributed by atoms with Crippen LogP contribution in [0.4, 0.5) is 4.79 Å². The van der Waals surface area contributed by atoms with Gasteiger partial charge in [-0.3, -0.25) is 4.79 Å². The smallest absolute Gasteiger partial charge is 0.408 e. The molecule has 7 heteroatoms. The highest BCUT2D eigenvalue weighted by Gasteiger charge is 2.24. The minimum Gasteiger partial charge on any atom is -0.461 e. The molecule has 0 aliphatic heterocycles. The van der Waals surface area contributed by atoms with Gasteiger partial charge in [-0.1, -0.05) is 51.9 Å². The molecule has 2 atom stereocenters. The van der Waals surface area contributed by atoms with Crippen LogP contribution in [-0.4, -0.2) is 41.8 Å². The Morgan fingerprint density at radius 2 is 1.58 bits per heavy atom. The Morgan fingerprint density at radius 3 is 2.21 bits per heavy atom. The van der Waals surface area contributed by atoms with Gasteiger partial charge in [-0.2, -0.15) is 0 Å². The van der Waals surface area contributed by atoms with Gasteiger partial charge in [0.05, 0.1) is 0 Å². The Morgan fingerprint density at radius 1 is 0.939 bits per heavy atom. The van der Waals surface area contributed by atoms with Crippen molar-refractivity contribution < 1.29 is 23.9 Å². The molecule has 1 aliphatic rings. The normalized spacial score (nSPS) is 16.5.